The summed E-state index contributed by atoms with van der Waals surface area (Å²) >= 11 is 0. The van der Waals surface area contributed by atoms with Gasteiger partial charge in [0, 0.05) is 6.08 Å². The molecule has 0 saturated heterocycles. The second kappa shape index (κ2) is 12.4. The SMILES string of the molecule is C=CC(=O)OCCCCCCOc1ccc(N=Nc2ccc(OC(F)(F)F)cc2)cc1. The molecule has 2 aromatic rings. The smallest absolute Gasteiger partial charge is 0.494 e. The topological polar surface area (TPSA) is 69.5 Å². The zero-order valence-corrected chi connectivity index (χ0v) is 16.8. The third-order valence-electron chi connectivity index (χ3n) is 3.91. The van der Waals surface area contributed by atoms with E-state index < -0.39 is 12.3 Å². The van der Waals surface area contributed by atoms with Gasteiger partial charge in [-0.2, -0.15) is 10.2 Å². The van der Waals surface area contributed by atoms with Crippen LogP contribution in [0.5, 0.6) is 11.5 Å². The minimum atomic E-state index is -4.73. The summed E-state index contributed by atoms with van der Waals surface area (Å²) < 4.78 is 50.8. The number of nitrogens with zero attached hydrogens (tertiary/aromatic N) is 2. The maximum Gasteiger partial charge on any atom is 0.573 e. The highest BCUT2D eigenvalue weighted by molar-refractivity contribution is 5.81. The number of ether oxygens (including phenoxy) is 3. The minimum absolute atomic E-state index is 0.316. The summed E-state index contributed by atoms with van der Waals surface area (Å²) in [6.45, 7) is 4.30. The van der Waals surface area contributed by atoms with Crippen LogP contribution in [0.15, 0.2) is 71.4 Å². The Morgan fingerprint density at radius 3 is 1.87 bits per heavy atom. The van der Waals surface area contributed by atoms with Gasteiger partial charge in [-0.05, 0) is 74.2 Å². The second-order valence-corrected chi connectivity index (χ2v) is 6.37. The van der Waals surface area contributed by atoms with E-state index in [1.54, 1.807) is 24.3 Å². The molecule has 0 bridgehead atoms. The third-order valence-corrected chi connectivity index (χ3v) is 3.91. The fraction of sp³-hybridized carbons (Fsp3) is 0.318. The lowest BCUT2D eigenvalue weighted by atomic mass is 10.2. The molecule has 0 aliphatic rings. The Morgan fingerprint density at radius 1 is 0.839 bits per heavy atom. The summed E-state index contributed by atoms with van der Waals surface area (Å²) in [6, 6.07) is 12.1. The lowest BCUT2D eigenvalue weighted by Gasteiger charge is -2.08. The molecule has 0 spiro atoms. The van der Waals surface area contributed by atoms with Crippen LogP contribution < -0.4 is 9.47 Å². The molecule has 6 nitrogen and oxygen atoms in total. The van der Waals surface area contributed by atoms with Gasteiger partial charge in [0.2, 0.25) is 0 Å². The number of benzene rings is 2. The molecular formula is C22H23F3N2O4. The first-order chi connectivity index (χ1) is 14.9. The number of hydrogen-bond acceptors (Lipinski definition) is 6. The first-order valence-corrected chi connectivity index (χ1v) is 9.65. The van der Waals surface area contributed by atoms with Crippen molar-refractivity contribution in [2.75, 3.05) is 13.2 Å². The van der Waals surface area contributed by atoms with Gasteiger partial charge in [0.1, 0.15) is 11.5 Å². The predicted molar refractivity (Wildman–Crippen MR) is 109 cm³/mol. The number of halogens is 3. The fourth-order valence-corrected chi connectivity index (χ4v) is 2.42. The van der Waals surface area contributed by atoms with Gasteiger partial charge in [-0.3, -0.25) is 0 Å². The van der Waals surface area contributed by atoms with Crippen molar-refractivity contribution in [2.45, 2.75) is 32.0 Å². The van der Waals surface area contributed by atoms with Gasteiger partial charge in [0.25, 0.3) is 0 Å². The monoisotopic (exact) mass is 436 g/mol. The summed E-state index contributed by atoms with van der Waals surface area (Å²) in [6.07, 6.45) is 0.00696. The maximum atomic E-state index is 12.1. The molecule has 0 unspecified atom stereocenters. The number of rotatable bonds is 12. The van der Waals surface area contributed by atoms with E-state index in [9.17, 15) is 18.0 Å². The Balaban J connectivity index is 1.67. The highest BCUT2D eigenvalue weighted by Gasteiger charge is 2.30. The van der Waals surface area contributed by atoms with Crippen LogP contribution in [0.3, 0.4) is 0 Å². The van der Waals surface area contributed by atoms with Crippen molar-refractivity contribution >= 4 is 17.3 Å². The van der Waals surface area contributed by atoms with Crippen molar-refractivity contribution in [3.05, 3.63) is 61.2 Å². The largest absolute Gasteiger partial charge is 0.573 e. The van der Waals surface area contributed by atoms with Crippen LogP contribution in [-0.2, 0) is 9.53 Å². The molecule has 2 rings (SSSR count). The number of azo groups is 1. The predicted octanol–water partition coefficient (Wildman–Crippen LogP) is 6.67. The molecule has 0 atom stereocenters. The van der Waals surface area contributed by atoms with Crippen molar-refractivity contribution in [3.63, 3.8) is 0 Å². The first kappa shape index (κ1) is 23.9. The zero-order valence-electron chi connectivity index (χ0n) is 16.8. The van der Waals surface area contributed by atoms with Gasteiger partial charge in [0.15, 0.2) is 0 Å². The lowest BCUT2D eigenvalue weighted by molar-refractivity contribution is -0.274. The van der Waals surface area contributed by atoms with Crippen molar-refractivity contribution in [1.29, 1.82) is 0 Å². The average molecular weight is 436 g/mol. The van der Waals surface area contributed by atoms with Gasteiger partial charge in [-0.25, -0.2) is 4.79 Å². The van der Waals surface area contributed by atoms with Crippen molar-refractivity contribution in [3.8, 4) is 11.5 Å². The number of hydrogen-bond donors (Lipinski definition) is 0. The lowest BCUT2D eigenvalue weighted by Crippen LogP contribution is -2.16. The number of alkyl halides is 3. The van der Waals surface area contributed by atoms with Crippen LogP contribution in [0, 0.1) is 0 Å². The Labute approximate surface area is 178 Å². The standard InChI is InChI=1S/C22H23F3N2O4/c1-2-21(28)30-16-6-4-3-5-15-29-19-11-7-17(8-12-19)26-27-18-9-13-20(14-10-18)31-22(23,24)25/h2,7-14H,1,3-6,15-16H2. The van der Waals surface area contributed by atoms with E-state index in [1.165, 1.54) is 24.3 Å². The fourth-order valence-electron chi connectivity index (χ4n) is 2.42. The van der Waals surface area contributed by atoms with Crippen LogP contribution in [0.25, 0.3) is 0 Å². The second-order valence-electron chi connectivity index (χ2n) is 6.37. The normalized spacial score (nSPS) is 11.3. The highest BCUT2D eigenvalue weighted by Crippen LogP contribution is 2.26. The van der Waals surface area contributed by atoms with Crippen LogP contribution in [0.1, 0.15) is 25.7 Å². The van der Waals surface area contributed by atoms with Crippen molar-refractivity contribution in [2.24, 2.45) is 10.2 Å². The zero-order chi connectivity index (χ0) is 22.5. The van der Waals surface area contributed by atoms with Crippen LogP contribution in [0.4, 0.5) is 24.5 Å². The van der Waals surface area contributed by atoms with E-state index in [4.69, 9.17) is 9.47 Å². The van der Waals surface area contributed by atoms with E-state index in [1.807, 2.05) is 0 Å². The first-order valence-electron chi connectivity index (χ1n) is 9.65. The highest BCUT2D eigenvalue weighted by atomic mass is 19.4. The number of carbonyl (C=O) groups is 1. The van der Waals surface area contributed by atoms with Gasteiger partial charge >= 0.3 is 12.3 Å². The Bertz CT molecular complexity index is 851. The molecule has 0 fully saturated rings. The molecule has 0 heterocycles. The minimum Gasteiger partial charge on any atom is -0.494 e. The molecule has 0 amide bonds. The van der Waals surface area contributed by atoms with Gasteiger partial charge < -0.3 is 14.2 Å². The molecule has 166 valence electrons. The van der Waals surface area contributed by atoms with Crippen LogP contribution in [0.2, 0.25) is 0 Å². The number of esters is 1. The van der Waals surface area contributed by atoms with Gasteiger partial charge in [0.05, 0.1) is 24.6 Å². The quantitative estimate of drug-likeness (QED) is 0.161. The van der Waals surface area contributed by atoms with Crippen molar-refractivity contribution < 1.29 is 32.2 Å². The summed E-state index contributed by atoms with van der Waals surface area (Å²) in [7, 11) is 0. The summed E-state index contributed by atoms with van der Waals surface area (Å²) in [5, 5.41) is 8.02. The van der Waals surface area contributed by atoms with Crippen molar-refractivity contribution in [1.82, 2.24) is 0 Å². The molecule has 0 N–H and O–H groups in total. The molecule has 2 aromatic carbocycles. The van der Waals surface area contributed by atoms with E-state index >= 15 is 0 Å². The van der Waals surface area contributed by atoms with E-state index in [-0.39, 0.29) is 5.75 Å². The molecular weight excluding hydrogens is 413 g/mol. The van der Waals surface area contributed by atoms with Crippen LogP contribution >= 0.6 is 0 Å². The molecule has 0 saturated carbocycles. The summed E-state index contributed by atoms with van der Waals surface area (Å²) in [4.78, 5) is 10.9. The molecule has 31 heavy (non-hydrogen) atoms. The molecule has 0 aromatic heterocycles. The third kappa shape index (κ3) is 10.3. The molecule has 0 aliphatic heterocycles. The number of unbranched alkanes of at least 4 members (excludes halogenated alkanes) is 3. The maximum absolute atomic E-state index is 12.1. The molecule has 0 radical (unpaired) electrons. The molecule has 0 aliphatic carbocycles. The Hall–Kier alpha value is -3.36. The number of carbonyl (C=O) groups excluding carboxylic acids is 1. The Morgan fingerprint density at radius 2 is 1.35 bits per heavy atom. The average Bonchev–Trinajstić information content (AvgIpc) is 2.74. The summed E-state index contributed by atoms with van der Waals surface area (Å²) in [5.74, 6) is -0.0173. The van der Waals surface area contributed by atoms with E-state index in [0.717, 1.165) is 31.8 Å². The Kier molecular flexibility index (Phi) is 9.54. The van der Waals surface area contributed by atoms with E-state index in [2.05, 4.69) is 21.5 Å². The van der Waals surface area contributed by atoms with E-state index in [0.29, 0.717) is 30.3 Å². The summed E-state index contributed by atoms with van der Waals surface area (Å²) in [5.41, 5.74) is 0.978. The van der Waals surface area contributed by atoms with Gasteiger partial charge in [-0.1, -0.05) is 6.58 Å². The molecule has 9 heteroatoms. The van der Waals surface area contributed by atoms with Crippen LogP contribution in [-0.4, -0.2) is 25.5 Å². The van der Waals surface area contributed by atoms with Gasteiger partial charge in [-0.15, -0.1) is 13.2 Å².